The molecule has 0 spiro atoms. The van der Waals surface area contributed by atoms with E-state index in [2.05, 4.69) is 18.3 Å². The van der Waals surface area contributed by atoms with Gasteiger partial charge in [0.1, 0.15) is 15.8 Å². The summed E-state index contributed by atoms with van der Waals surface area (Å²) in [6.45, 7) is 2.83. The highest BCUT2D eigenvalue weighted by Gasteiger charge is 2.15. The highest BCUT2D eigenvalue weighted by atomic mass is 32.1. The molecule has 0 bridgehead atoms. The smallest absolute Gasteiger partial charge is 0.256 e. The van der Waals surface area contributed by atoms with Crippen LogP contribution in [0.4, 0.5) is 5.00 Å². The number of unbranched alkanes of at least 4 members (excludes halogenated alkanes) is 1. The van der Waals surface area contributed by atoms with Gasteiger partial charge >= 0.3 is 0 Å². The standard InChI is InChI=1S/C22H20N2O2S2/c1-2-3-13-26-16-10-8-15(9-11-16)20(25)24-21-17(12-14-27-21)22-23-18-6-4-5-7-19(18)28-22/h4-12,14H,2-3,13H2,1H3,(H,24,25). The first-order valence-corrected chi connectivity index (χ1v) is 10.9. The van der Waals surface area contributed by atoms with E-state index in [0.29, 0.717) is 12.2 Å². The van der Waals surface area contributed by atoms with Crippen molar-refractivity contribution >= 4 is 43.8 Å². The Balaban J connectivity index is 1.49. The number of carbonyl (C=O) groups is 1. The van der Waals surface area contributed by atoms with Crippen molar-refractivity contribution in [2.75, 3.05) is 11.9 Å². The Bertz CT molecular complexity index is 1050. The fourth-order valence-corrected chi connectivity index (χ4v) is 4.62. The minimum atomic E-state index is -0.134. The van der Waals surface area contributed by atoms with E-state index in [1.807, 2.05) is 41.8 Å². The lowest BCUT2D eigenvalue weighted by Gasteiger charge is -2.07. The summed E-state index contributed by atoms with van der Waals surface area (Å²) in [6.07, 6.45) is 2.12. The van der Waals surface area contributed by atoms with Crippen molar-refractivity contribution in [2.45, 2.75) is 19.8 Å². The quantitative estimate of drug-likeness (QED) is 0.357. The first-order chi connectivity index (χ1) is 13.7. The Morgan fingerprint density at radius 1 is 1.11 bits per heavy atom. The topological polar surface area (TPSA) is 51.2 Å². The van der Waals surface area contributed by atoms with Gasteiger partial charge in [0.2, 0.25) is 0 Å². The molecule has 0 aliphatic heterocycles. The van der Waals surface area contributed by atoms with E-state index >= 15 is 0 Å². The molecular formula is C22H20N2O2S2. The molecule has 0 aliphatic carbocycles. The first-order valence-electron chi connectivity index (χ1n) is 9.22. The highest BCUT2D eigenvalue weighted by molar-refractivity contribution is 7.22. The van der Waals surface area contributed by atoms with Crippen molar-refractivity contribution in [3.63, 3.8) is 0 Å². The molecule has 0 saturated carbocycles. The first kappa shape index (κ1) is 18.7. The van der Waals surface area contributed by atoms with Crippen molar-refractivity contribution in [3.05, 3.63) is 65.5 Å². The molecule has 28 heavy (non-hydrogen) atoms. The van der Waals surface area contributed by atoms with E-state index in [1.54, 1.807) is 23.5 Å². The summed E-state index contributed by atoms with van der Waals surface area (Å²) < 4.78 is 6.79. The SMILES string of the molecule is CCCCOc1ccc(C(=O)Nc2sccc2-c2nc3ccccc3s2)cc1. The number of hydrogen-bond acceptors (Lipinski definition) is 5. The van der Waals surface area contributed by atoms with Crippen LogP contribution in [0.25, 0.3) is 20.8 Å². The molecule has 0 unspecified atom stereocenters. The summed E-state index contributed by atoms with van der Waals surface area (Å²) in [5.74, 6) is 0.654. The van der Waals surface area contributed by atoms with Crippen LogP contribution in [-0.2, 0) is 0 Å². The van der Waals surface area contributed by atoms with Crippen LogP contribution in [0.2, 0.25) is 0 Å². The van der Waals surface area contributed by atoms with Crippen LogP contribution in [0.15, 0.2) is 60.0 Å². The third-order valence-electron chi connectivity index (χ3n) is 4.30. The van der Waals surface area contributed by atoms with E-state index in [9.17, 15) is 4.79 Å². The number of thiophene rings is 1. The molecule has 0 aliphatic rings. The number of thiazole rings is 1. The second-order valence-electron chi connectivity index (χ2n) is 6.33. The minimum Gasteiger partial charge on any atom is -0.494 e. The van der Waals surface area contributed by atoms with E-state index in [1.165, 1.54) is 11.3 Å². The van der Waals surface area contributed by atoms with Gasteiger partial charge in [0, 0.05) is 11.1 Å². The lowest BCUT2D eigenvalue weighted by molar-refractivity contribution is 0.102. The number of anilines is 1. The predicted molar refractivity (Wildman–Crippen MR) is 118 cm³/mol. The van der Waals surface area contributed by atoms with Gasteiger partial charge in [0.05, 0.1) is 16.8 Å². The van der Waals surface area contributed by atoms with E-state index in [4.69, 9.17) is 9.72 Å². The van der Waals surface area contributed by atoms with Crippen LogP contribution in [0, 0.1) is 0 Å². The molecule has 4 nitrogen and oxygen atoms in total. The number of aromatic nitrogens is 1. The van der Waals surface area contributed by atoms with Crippen LogP contribution in [-0.4, -0.2) is 17.5 Å². The Morgan fingerprint density at radius 3 is 2.71 bits per heavy atom. The van der Waals surface area contributed by atoms with Crippen molar-refractivity contribution in [1.82, 2.24) is 4.98 Å². The molecule has 2 aromatic carbocycles. The molecule has 0 atom stereocenters. The summed E-state index contributed by atoms with van der Waals surface area (Å²) in [5, 5.41) is 6.73. The Morgan fingerprint density at radius 2 is 1.93 bits per heavy atom. The monoisotopic (exact) mass is 408 g/mol. The summed E-state index contributed by atoms with van der Waals surface area (Å²) in [5.41, 5.74) is 2.54. The second kappa shape index (κ2) is 8.54. The van der Waals surface area contributed by atoms with Gasteiger partial charge in [-0.25, -0.2) is 4.98 Å². The summed E-state index contributed by atoms with van der Waals surface area (Å²) in [6, 6.07) is 17.3. The average molecular weight is 409 g/mol. The zero-order valence-corrected chi connectivity index (χ0v) is 17.1. The summed E-state index contributed by atoms with van der Waals surface area (Å²) in [4.78, 5) is 17.4. The summed E-state index contributed by atoms with van der Waals surface area (Å²) >= 11 is 3.14. The Hall–Kier alpha value is -2.70. The normalized spacial score (nSPS) is 10.9. The third-order valence-corrected chi connectivity index (χ3v) is 6.20. The van der Waals surface area contributed by atoms with Gasteiger partial charge in [-0.1, -0.05) is 25.5 Å². The highest BCUT2D eigenvalue weighted by Crippen LogP contribution is 2.37. The minimum absolute atomic E-state index is 0.134. The molecule has 0 radical (unpaired) electrons. The molecule has 4 aromatic rings. The van der Waals surface area contributed by atoms with Gasteiger partial charge in [-0.05, 0) is 54.3 Å². The number of carbonyl (C=O) groups excluding carboxylic acids is 1. The van der Waals surface area contributed by atoms with Gasteiger partial charge in [0.15, 0.2) is 0 Å². The molecule has 2 aromatic heterocycles. The number of para-hydroxylation sites is 1. The third kappa shape index (κ3) is 4.08. The van der Waals surface area contributed by atoms with Crippen molar-refractivity contribution in [2.24, 2.45) is 0 Å². The molecule has 0 fully saturated rings. The molecule has 4 rings (SSSR count). The van der Waals surface area contributed by atoms with Gasteiger partial charge in [-0.2, -0.15) is 0 Å². The van der Waals surface area contributed by atoms with Crippen LogP contribution in [0.3, 0.4) is 0 Å². The van der Waals surface area contributed by atoms with Gasteiger partial charge < -0.3 is 10.1 Å². The van der Waals surface area contributed by atoms with E-state index in [-0.39, 0.29) is 5.91 Å². The number of rotatable bonds is 7. The Labute approximate surface area is 171 Å². The molecule has 6 heteroatoms. The zero-order chi connectivity index (χ0) is 19.3. The largest absolute Gasteiger partial charge is 0.494 e. The van der Waals surface area contributed by atoms with Crippen LogP contribution >= 0.6 is 22.7 Å². The van der Waals surface area contributed by atoms with Gasteiger partial charge in [0.25, 0.3) is 5.91 Å². The lowest BCUT2D eigenvalue weighted by Crippen LogP contribution is -2.11. The van der Waals surface area contributed by atoms with Gasteiger partial charge in [-0.3, -0.25) is 4.79 Å². The number of hydrogen-bond donors (Lipinski definition) is 1. The molecule has 1 amide bonds. The molecule has 142 valence electrons. The molecular weight excluding hydrogens is 388 g/mol. The number of ether oxygens (including phenoxy) is 1. The maximum atomic E-state index is 12.7. The average Bonchev–Trinajstić information content (AvgIpc) is 3.35. The number of benzene rings is 2. The fraction of sp³-hybridized carbons (Fsp3) is 0.182. The Kier molecular flexibility index (Phi) is 5.69. The number of fused-ring (bicyclic) bond motifs is 1. The fourth-order valence-electron chi connectivity index (χ4n) is 2.77. The van der Waals surface area contributed by atoms with E-state index in [0.717, 1.165) is 44.4 Å². The van der Waals surface area contributed by atoms with Crippen molar-refractivity contribution in [1.29, 1.82) is 0 Å². The summed E-state index contributed by atoms with van der Waals surface area (Å²) in [7, 11) is 0. The second-order valence-corrected chi connectivity index (χ2v) is 8.28. The molecule has 1 N–H and O–H groups in total. The lowest BCUT2D eigenvalue weighted by atomic mass is 10.2. The zero-order valence-electron chi connectivity index (χ0n) is 15.5. The van der Waals surface area contributed by atoms with Gasteiger partial charge in [-0.15, -0.1) is 22.7 Å². The van der Waals surface area contributed by atoms with Crippen molar-refractivity contribution in [3.8, 4) is 16.3 Å². The van der Waals surface area contributed by atoms with Crippen LogP contribution in [0.1, 0.15) is 30.1 Å². The maximum absolute atomic E-state index is 12.7. The maximum Gasteiger partial charge on any atom is 0.256 e. The molecule has 0 saturated heterocycles. The number of amides is 1. The number of nitrogens with one attached hydrogen (secondary N) is 1. The number of nitrogens with zero attached hydrogens (tertiary/aromatic N) is 1. The molecule has 2 heterocycles. The van der Waals surface area contributed by atoms with Crippen LogP contribution in [0.5, 0.6) is 5.75 Å². The van der Waals surface area contributed by atoms with Crippen LogP contribution < -0.4 is 10.1 Å². The predicted octanol–water partition coefficient (Wildman–Crippen LogP) is 6.46. The van der Waals surface area contributed by atoms with E-state index < -0.39 is 0 Å². The van der Waals surface area contributed by atoms with Crippen molar-refractivity contribution < 1.29 is 9.53 Å².